The highest BCUT2D eigenvalue weighted by Crippen LogP contribution is 2.45. The van der Waals surface area contributed by atoms with Gasteiger partial charge in [-0.05, 0) is 18.9 Å². The predicted octanol–water partition coefficient (Wildman–Crippen LogP) is 9.18. The number of ether oxygens (including phenoxy) is 2. The van der Waals surface area contributed by atoms with Crippen molar-refractivity contribution < 1.29 is 19.1 Å². The molecule has 3 rings (SSSR count). The summed E-state index contributed by atoms with van der Waals surface area (Å²) in [6, 6.07) is 13.0. The van der Waals surface area contributed by atoms with Crippen molar-refractivity contribution in [3.63, 3.8) is 0 Å². The van der Waals surface area contributed by atoms with Crippen molar-refractivity contribution in [1.29, 1.82) is 0 Å². The molecule has 0 unspecified atom stereocenters. The molecule has 0 saturated carbocycles. The molecule has 0 aliphatic heterocycles. The van der Waals surface area contributed by atoms with Gasteiger partial charge in [0.05, 0.1) is 5.02 Å². The van der Waals surface area contributed by atoms with E-state index in [0.717, 1.165) is 50.3 Å². The summed E-state index contributed by atoms with van der Waals surface area (Å²) in [5.41, 5.74) is 0. The lowest BCUT2D eigenvalue weighted by atomic mass is 10.0. The van der Waals surface area contributed by atoms with Crippen LogP contribution in [0.2, 0.25) is 5.02 Å². The standard InChI is InChI=1S/C30H37ClO4/c1-3-5-7-9-11-20-26(32)34-29-22-16-13-14-17-23(22)30(28-24(29)18-15-19-25(28)31)35-27(33)21-12-10-8-6-4-2/h13-19H,3-12,20-21H2,1-2H3. The normalized spacial score (nSPS) is 11.2. The van der Waals surface area contributed by atoms with E-state index in [-0.39, 0.29) is 11.9 Å². The van der Waals surface area contributed by atoms with Crippen molar-refractivity contribution >= 4 is 45.1 Å². The van der Waals surface area contributed by atoms with E-state index in [4.69, 9.17) is 21.1 Å². The molecule has 188 valence electrons. The van der Waals surface area contributed by atoms with Crippen LogP contribution >= 0.6 is 11.6 Å². The second-order valence-corrected chi connectivity index (χ2v) is 9.55. The van der Waals surface area contributed by atoms with Gasteiger partial charge in [-0.15, -0.1) is 0 Å². The summed E-state index contributed by atoms with van der Waals surface area (Å²) < 4.78 is 11.9. The maximum absolute atomic E-state index is 12.7. The maximum atomic E-state index is 12.7. The Labute approximate surface area is 213 Å². The van der Waals surface area contributed by atoms with Crippen LogP contribution in [-0.2, 0) is 9.59 Å². The van der Waals surface area contributed by atoms with E-state index in [2.05, 4.69) is 13.8 Å². The molecule has 0 heterocycles. The Morgan fingerprint density at radius 2 is 1.11 bits per heavy atom. The van der Waals surface area contributed by atoms with E-state index in [1.807, 2.05) is 36.4 Å². The zero-order valence-electron chi connectivity index (χ0n) is 21.0. The monoisotopic (exact) mass is 496 g/mol. The van der Waals surface area contributed by atoms with Crippen LogP contribution in [0.1, 0.15) is 90.9 Å². The van der Waals surface area contributed by atoms with Crippen LogP contribution in [0.3, 0.4) is 0 Å². The summed E-state index contributed by atoms with van der Waals surface area (Å²) in [7, 11) is 0. The average Bonchev–Trinajstić information content (AvgIpc) is 2.85. The molecule has 0 fully saturated rings. The molecule has 0 radical (unpaired) electrons. The summed E-state index contributed by atoms with van der Waals surface area (Å²) in [6.07, 6.45) is 11.3. The van der Waals surface area contributed by atoms with Crippen molar-refractivity contribution in [3.05, 3.63) is 47.5 Å². The molecular weight excluding hydrogens is 460 g/mol. The number of hydrogen-bond acceptors (Lipinski definition) is 4. The molecule has 3 aromatic rings. The molecule has 35 heavy (non-hydrogen) atoms. The van der Waals surface area contributed by atoms with Gasteiger partial charge in [-0.1, -0.05) is 113 Å². The molecule has 3 aromatic carbocycles. The average molecular weight is 497 g/mol. The fourth-order valence-electron chi connectivity index (χ4n) is 4.39. The second-order valence-electron chi connectivity index (χ2n) is 9.14. The van der Waals surface area contributed by atoms with Gasteiger partial charge in [0.25, 0.3) is 0 Å². The van der Waals surface area contributed by atoms with Gasteiger partial charge < -0.3 is 9.47 Å². The van der Waals surface area contributed by atoms with Crippen molar-refractivity contribution in [2.75, 3.05) is 0 Å². The number of hydrogen-bond donors (Lipinski definition) is 0. The number of esters is 2. The predicted molar refractivity (Wildman–Crippen MR) is 144 cm³/mol. The number of carbonyl (C=O) groups excluding carboxylic acids is 2. The Hall–Kier alpha value is -2.59. The number of benzene rings is 3. The molecule has 0 saturated heterocycles. The van der Waals surface area contributed by atoms with Crippen molar-refractivity contribution in [3.8, 4) is 11.5 Å². The molecule has 0 bridgehead atoms. The fourth-order valence-corrected chi connectivity index (χ4v) is 4.65. The van der Waals surface area contributed by atoms with Crippen LogP contribution in [0.15, 0.2) is 42.5 Å². The Kier molecular flexibility index (Phi) is 10.9. The summed E-state index contributed by atoms with van der Waals surface area (Å²) >= 11 is 6.62. The molecule has 0 N–H and O–H groups in total. The molecule has 0 aromatic heterocycles. The van der Waals surface area contributed by atoms with Crippen LogP contribution in [0.5, 0.6) is 11.5 Å². The summed E-state index contributed by atoms with van der Waals surface area (Å²) in [5.74, 6) is 0.365. The molecule has 4 nitrogen and oxygen atoms in total. The third-order valence-corrected chi connectivity index (χ3v) is 6.62. The van der Waals surface area contributed by atoms with Crippen LogP contribution < -0.4 is 9.47 Å². The first-order valence-corrected chi connectivity index (χ1v) is 13.5. The first-order chi connectivity index (χ1) is 17.1. The topological polar surface area (TPSA) is 52.6 Å². The molecule has 0 aliphatic rings. The lowest BCUT2D eigenvalue weighted by Gasteiger charge is -2.17. The molecule has 0 atom stereocenters. The Morgan fingerprint density at radius 1 is 0.629 bits per heavy atom. The highest BCUT2D eigenvalue weighted by molar-refractivity contribution is 6.37. The Morgan fingerprint density at radius 3 is 1.69 bits per heavy atom. The van der Waals surface area contributed by atoms with Crippen LogP contribution in [-0.4, -0.2) is 11.9 Å². The first kappa shape index (κ1) is 27.0. The number of rotatable bonds is 14. The minimum atomic E-state index is -0.273. The Balaban J connectivity index is 1.89. The van der Waals surface area contributed by atoms with Gasteiger partial charge >= 0.3 is 11.9 Å². The minimum absolute atomic E-state index is 0.259. The lowest BCUT2D eigenvalue weighted by Crippen LogP contribution is -2.11. The lowest BCUT2D eigenvalue weighted by molar-refractivity contribution is -0.135. The van der Waals surface area contributed by atoms with Crippen molar-refractivity contribution in [2.24, 2.45) is 0 Å². The van der Waals surface area contributed by atoms with E-state index in [9.17, 15) is 9.59 Å². The van der Waals surface area contributed by atoms with Gasteiger partial charge in [-0.2, -0.15) is 0 Å². The van der Waals surface area contributed by atoms with Gasteiger partial charge in [-0.3, -0.25) is 9.59 Å². The second kappa shape index (κ2) is 14.1. The van der Waals surface area contributed by atoms with Gasteiger partial charge in [0, 0.05) is 34.4 Å². The third kappa shape index (κ3) is 7.44. The molecule has 0 aliphatic carbocycles. The quantitative estimate of drug-likeness (QED) is 0.0965. The number of fused-ring (bicyclic) bond motifs is 2. The highest BCUT2D eigenvalue weighted by atomic mass is 35.5. The summed E-state index contributed by atoms with van der Waals surface area (Å²) in [5, 5.41) is 3.15. The van der Waals surface area contributed by atoms with Crippen LogP contribution in [0.4, 0.5) is 0 Å². The number of carbonyl (C=O) groups is 2. The number of unbranched alkanes of at least 4 members (excludes halogenated alkanes) is 8. The Bertz CT molecular complexity index is 1140. The van der Waals surface area contributed by atoms with Gasteiger partial charge in [-0.25, -0.2) is 0 Å². The molecule has 0 amide bonds. The van der Waals surface area contributed by atoms with Gasteiger partial charge in [0.1, 0.15) is 11.5 Å². The van der Waals surface area contributed by atoms with Gasteiger partial charge in [0.15, 0.2) is 0 Å². The summed E-state index contributed by atoms with van der Waals surface area (Å²) in [6.45, 7) is 4.34. The largest absolute Gasteiger partial charge is 0.425 e. The highest BCUT2D eigenvalue weighted by Gasteiger charge is 2.21. The zero-order chi connectivity index (χ0) is 25.0. The number of halogens is 1. The van der Waals surface area contributed by atoms with Crippen LogP contribution in [0.25, 0.3) is 21.5 Å². The van der Waals surface area contributed by atoms with E-state index >= 15 is 0 Å². The molecule has 5 heteroatoms. The molecule has 0 spiro atoms. The third-order valence-electron chi connectivity index (χ3n) is 6.30. The summed E-state index contributed by atoms with van der Waals surface area (Å²) in [4.78, 5) is 25.5. The maximum Gasteiger partial charge on any atom is 0.311 e. The van der Waals surface area contributed by atoms with Crippen molar-refractivity contribution in [2.45, 2.75) is 90.9 Å². The SMILES string of the molecule is CCCCCCCC(=O)Oc1c2ccccc2c(OC(=O)CCCCCCC)c2c(Cl)cccc12. The van der Waals surface area contributed by atoms with E-state index in [1.165, 1.54) is 19.3 Å². The van der Waals surface area contributed by atoms with E-state index in [0.29, 0.717) is 45.5 Å². The van der Waals surface area contributed by atoms with E-state index in [1.54, 1.807) is 6.07 Å². The first-order valence-electron chi connectivity index (χ1n) is 13.1. The van der Waals surface area contributed by atoms with E-state index < -0.39 is 0 Å². The fraction of sp³-hybridized carbons (Fsp3) is 0.467. The van der Waals surface area contributed by atoms with Crippen molar-refractivity contribution in [1.82, 2.24) is 0 Å². The van der Waals surface area contributed by atoms with Gasteiger partial charge in [0.2, 0.25) is 0 Å². The zero-order valence-corrected chi connectivity index (χ0v) is 21.8. The smallest absolute Gasteiger partial charge is 0.311 e. The van der Waals surface area contributed by atoms with Crippen LogP contribution in [0, 0.1) is 0 Å². The minimum Gasteiger partial charge on any atom is -0.425 e. The molecular formula is C30H37ClO4.